The summed E-state index contributed by atoms with van der Waals surface area (Å²) in [4.78, 5) is 0. The molecule has 0 bridgehead atoms. The molecule has 2 rings (SSSR count). The molecular formula is C12H12BrNO. The van der Waals surface area contributed by atoms with Gasteiger partial charge in [-0.1, -0.05) is 15.9 Å². The van der Waals surface area contributed by atoms with Gasteiger partial charge in [-0.3, -0.25) is 0 Å². The molecule has 0 saturated carbocycles. The van der Waals surface area contributed by atoms with Gasteiger partial charge in [0.2, 0.25) is 0 Å². The van der Waals surface area contributed by atoms with E-state index in [0.29, 0.717) is 0 Å². The van der Waals surface area contributed by atoms with Crippen molar-refractivity contribution in [2.75, 3.05) is 7.11 Å². The topological polar surface area (TPSA) is 33.0 Å². The zero-order valence-electron chi connectivity index (χ0n) is 8.59. The van der Waals surface area contributed by atoms with E-state index >= 15 is 0 Å². The molecule has 3 heteroatoms. The summed E-state index contributed by atoms with van der Waals surface area (Å²) in [5.41, 5.74) is 2.33. The molecule has 0 aliphatic heterocycles. The minimum absolute atomic E-state index is 0.0128. The molecule has 1 aliphatic carbocycles. The number of hydrogen-bond donors (Lipinski definition) is 0. The van der Waals surface area contributed by atoms with Crippen molar-refractivity contribution in [2.24, 2.45) is 0 Å². The van der Waals surface area contributed by atoms with Crippen LogP contribution in [0.2, 0.25) is 0 Å². The summed E-state index contributed by atoms with van der Waals surface area (Å²) < 4.78 is 6.42. The van der Waals surface area contributed by atoms with E-state index < -0.39 is 0 Å². The van der Waals surface area contributed by atoms with Gasteiger partial charge < -0.3 is 4.74 Å². The standard InChI is InChI=1S/C12H12BrNO/c1-15-11-6-5-10(13)9-4-2-3-8(7-14)12(9)11/h5-6,8H,2-4H2,1H3. The Morgan fingerprint density at radius 2 is 2.33 bits per heavy atom. The monoisotopic (exact) mass is 265 g/mol. The van der Waals surface area contributed by atoms with Crippen molar-refractivity contribution in [1.29, 1.82) is 5.26 Å². The van der Waals surface area contributed by atoms with Gasteiger partial charge in [-0.2, -0.15) is 5.26 Å². The summed E-state index contributed by atoms with van der Waals surface area (Å²) in [5, 5.41) is 9.13. The molecule has 0 N–H and O–H groups in total. The van der Waals surface area contributed by atoms with Crippen LogP contribution in [-0.2, 0) is 6.42 Å². The summed E-state index contributed by atoms with van der Waals surface area (Å²) in [5.74, 6) is 0.834. The number of halogens is 1. The predicted molar refractivity (Wildman–Crippen MR) is 62.0 cm³/mol. The summed E-state index contributed by atoms with van der Waals surface area (Å²) in [6, 6.07) is 6.29. The highest BCUT2D eigenvalue weighted by Gasteiger charge is 2.25. The zero-order chi connectivity index (χ0) is 10.8. The molecule has 1 aromatic carbocycles. The Labute approximate surface area is 98.0 Å². The van der Waals surface area contributed by atoms with Crippen molar-refractivity contribution >= 4 is 15.9 Å². The minimum atomic E-state index is -0.0128. The molecule has 1 aliphatic rings. The van der Waals surface area contributed by atoms with E-state index in [9.17, 15) is 0 Å². The molecule has 0 fully saturated rings. The second-order valence-corrected chi connectivity index (χ2v) is 4.57. The van der Waals surface area contributed by atoms with Crippen molar-refractivity contribution in [2.45, 2.75) is 25.2 Å². The molecule has 0 saturated heterocycles. The number of fused-ring (bicyclic) bond motifs is 1. The van der Waals surface area contributed by atoms with Gasteiger partial charge in [0.15, 0.2) is 0 Å². The van der Waals surface area contributed by atoms with Crippen molar-refractivity contribution in [3.05, 3.63) is 27.7 Å². The van der Waals surface area contributed by atoms with Crippen LogP contribution in [0.15, 0.2) is 16.6 Å². The summed E-state index contributed by atoms with van der Waals surface area (Å²) in [7, 11) is 1.66. The lowest BCUT2D eigenvalue weighted by Gasteiger charge is -2.23. The number of rotatable bonds is 1. The van der Waals surface area contributed by atoms with Gasteiger partial charge in [-0.25, -0.2) is 0 Å². The Morgan fingerprint density at radius 3 is 3.00 bits per heavy atom. The summed E-state index contributed by atoms with van der Waals surface area (Å²) in [6.07, 6.45) is 3.05. The van der Waals surface area contributed by atoms with E-state index in [0.717, 1.165) is 35.0 Å². The molecule has 1 aromatic rings. The predicted octanol–water partition coefficient (Wildman–Crippen LogP) is 3.40. The Morgan fingerprint density at radius 1 is 1.53 bits per heavy atom. The third-order valence-corrected chi connectivity index (χ3v) is 3.65. The fourth-order valence-electron chi connectivity index (χ4n) is 2.19. The maximum Gasteiger partial charge on any atom is 0.123 e. The van der Waals surface area contributed by atoms with Gasteiger partial charge in [0.25, 0.3) is 0 Å². The van der Waals surface area contributed by atoms with E-state index in [-0.39, 0.29) is 5.92 Å². The average molecular weight is 266 g/mol. The SMILES string of the molecule is COc1ccc(Br)c2c1C(C#N)CCC2. The molecule has 1 atom stereocenters. The number of hydrogen-bond acceptors (Lipinski definition) is 2. The molecule has 0 radical (unpaired) electrons. The first-order valence-corrected chi connectivity index (χ1v) is 5.82. The Kier molecular flexibility index (Phi) is 2.97. The Bertz CT molecular complexity index is 422. The highest BCUT2D eigenvalue weighted by molar-refractivity contribution is 9.10. The van der Waals surface area contributed by atoms with Crippen LogP contribution in [-0.4, -0.2) is 7.11 Å². The van der Waals surface area contributed by atoms with Gasteiger partial charge >= 0.3 is 0 Å². The van der Waals surface area contributed by atoms with Crippen LogP contribution in [0.25, 0.3) is 0 Å². The van der Waals surface area contributed by atoms with Crippen LogP contribution >= 0.6 is 15.9 Å². The van der Waals surface area contributed by atoms with Gasteiger partial charge in [-0.15, -0.1) is 0 Å². The van der Waals surface area contributed by atoms with Crippen LogP contribution < -0.4 is 4.74 Å². The van der Waals surface area contributed by atoms with Crippen LogP contribution in [0.4, 0.5) is 0 Å². The maximum atomic E-state index is 9.13. The number of benzene rings is 1. The third kappa shape index (κ3) is 1.74. The lowest BCUT2D eigenvalue weighted by Crippen LogP contribution is -2.10. The maximum absolute atomic E-state index is 9.13. The minimum Gasteiger partial charge on any atom is -0.496 e. The Hall–Kier alpha value is -1.01. The molecule has 1 unspecified atom stereocenters. The second kappa shape index (κ2) is 4.24. The van der Waals surface area contributed by atoms with Crippen molar-refractivity contribution in [1.82, 2.24) is 0 Å². The highest BCUT2D eigenvalue weighted by atomic mass is 79.9. The van der Waals surface area contributed by atoms with E-state index in [2.05, 4.69) is 22.0 Å². The van der Waals surface area contributed by atoms with Crippen LogP contribution in [0.5, 0.6) is 5.75 Å². The Balaban J connectivity index is 2.61. The van der Waals surface area contributed by atoms with Crippen molar-refractivity contribution < 1.29 is 4.74 Å². The lowest BCUT2D eigenvalue weighted by atomic mass is 9.83. The lowest BCUT2D eigenvalue weighted by molar-refractivity contribution is 0.403. The quantitative estimate of drug-likeness (QED) is 0.780. The molecule has 0 spiro atoms. The molecule has 2 nitrogen and oxygen atoms in total. The van der Waals surface area contributed by atoms with Gasteiger partial charge in [0.05, 0.1) is 19.1 Å². The van der Waals surface area contributed by atoms with E-state index in [1.807, 2.05) is 12.1 Å². The molecule has 0 aromatic heterocycles. The van der Waals surface area contributed by atoms with E-state index in [1.54, 1.807) is 7.11 Å². The average Bonchev–Trinajstić information content (AvgIpc) is 2.29. The molecule has 15 heavy (non-hydrogen) atoms. The van der Waals surface area contributed by atoms with Crippen LogP contribution in [0, 0.1) is 11.3 Å². The van der Waals surface area contributed by atoms with Crippen molar-refractivity contribution in [3.63, 3.8) is 0 Å². The molecule has 78 valence electrons. The smallest absolute Gasteiger partial charge is 0.123 e. The molecule has 0 heterocycles. The first kappa shape index (κ1) is 10.5. The number of ether oxygens (including phenoxy) is 1. The first-order valence-electron chi connectivity index (χ1n) is 5.02. The molecule has 0 amide bonds. The number of nitrogens with zero attached hydrogens (tertiary/aromatic N) is 1. The number of nitriles is 1. The van der Waals surface area contributed by atoms with E-state index in [1.165, 1.54) is 5.56 Å². The van der Waals surface area contributed by atoms with E-state index in [4.69, 9.17) is 10.00 Å². The number of methoxy groups -OCH3 is 1. The fraction of sp³-hybridized carbons (Fsp3) is 0.417. The summed E-state index contributed by atoms with van der Waals surface area (Å²) in [6.45, 7) is 0. The van der Waals surface area contributed by atoms with Crippen LogP contribution in [0.3, 0.4) is 0 Å². The van der Waals surface area contributed by atoms with Crippen molar-refractivity contribution in [3.8, 4) is 11.8 Å². The second-order valence-electron chi connectivity index (χ2n) is 3.72. The fourth-order valence-corrected chi connectivity index (χ4v) is 2.73. The largest absolute Gasteiger partial charge is 0.496 e. The highest BCUT2D eigenvalue weighted by Crippen LogP contribution is 2.40. The normalized spacial score (nSPS) is 19.1. The van der Waals surface area contributed by atoms with Gasteiger partial charge in [0.1, 0.15) is 5.75 Å². The third-order valence-electron chi connectivity index (χ3n) is 2.90. The summed E-state index contributed by atoms with van der Waals surface area (Å²) >= 11 is 3.54. The van der Waals surface area contributed by atoms with Gasteiger partial charge in [-0.05, 0) is 37.0 Å². The van der Waals surface area contributed by atoms with Gasteiger partial charge in [0, 0.05) is 10.0 Å². The molecular weight excluding hydrogens is 254 g/mol. The first-order chi connectivity index (χ1) is 7.27. The van der Waals surface area contributed by atoms with Crippen LogP contribution in [0.1, 0.15) is 29.9 Å². The zero-order valence-corrected chi connectivity index (χ0v) is 10.2.